The zero-order valence-corrected chi connectivity index (χ0v) is 12.5. The number of unbranched alkanes of at least 4 members (excludes halogenated alkanes) is 1. The van der Waals surface area contributed by atoms with Crippen LogP contribution in [0.1, 0.15) is 50.8 Å². The number of hydrogen-bond donors (Lipinski definition) is 2. The maximum atomic E-state index is 7.62. The molecule has 0 amide bonds. The normalized spacial score (nSPS) is 12.4. The second-order valence-electron chi connectivity index (χ2n) is 5.03. The van der Waals surface area contributed by atoms with Crippen molar-refractivity contribution in [2.45, 2.75) is 46.5 Å². The Morgan fingerprint density at radius 1 is 1.47 bits per heavy atom. The van der Waals surface area contributed by atoms with E-state index >= 15 is 0 Å². The quantitative estimate of drug-likeness (QED) is 0.561. The van der Waals surface area contributed by atoms with Crippen molar-refractivity contribution in [3.05, 3.63) is 11.3 Å². The van der Waals surface area contributed by atoms with Crippen LogP contribution in [0.5, 0.6) is 5.88 Å². The van der Waals surface area contributed by atoms with Crippen molar-refractivity contribution in [3.8, 4) is 5.88 Å². The molecule has 0 saturated carbocycles. The average molecular weight is 266 g/mol. The fourth-order valence-electron chi connectivity index (χ4n) is 2.21. The summed E-state index contributed by atoms with van der Waals surface area (Å²) >= 11 is 0. The van der Waals surface area contributed by atoms with E-state index < -0.39 is 0 Å². The number of nitrogens with one attached hydrogen (secondary N) is 1. The molecule has 0 aliphatic heterocycles. The Hall–Kier alpha value is -1.52. The highest BCUT2D eigenvalue weighted by atomic mass is 16.5. The highest BCUT2D eigenvalue weighted by Crippen LogP contribution is 2.22. The average Bonchev–Trinajstić information content (AvgIpc) is 2.64. The van der Waals surface area contributed by atoms with Crippen LogP contribution in [0.2, 0.25) is 0 Å². The first-order valence-electron chi connectivity index (χ1n) is 7.01. The van der Waals surface area contributed by atoms with E-state index in [1.54, 1.807) is 4.68 Å². The summed E-state index contributed by atoms with van der Waals surface area (Å²) in [5.74, 6) is 1.18. The fraction of sp³-hybridized carbons (Fsp3) is 0.714. The lowest BCUT2D eigenvalue weighted by atomic mass is 10.0. The van der Waals surface area contributed by atoms with Crippen molar-refractivity contribution >= 4 is 5.84 Å². The monoisotopic (exact) mass is 266 g/mol. The van der Waals surface area contributed by atoms with Crippen molar-refractivity contribution in [2.24, 2.45) is 18.7 Å². The minimum atomic E-state index is 0.0159. The molecule has 1 aromatic heterocycles. The van der Waals surface area contributed by atoms with E-state index in [1.165, 1.54) is 19.3 Å². The number of aromatic nitrogens is 2. The molecule has 108 valence electrons. The SMILES string of the molecule is CCCCC(CC)COc1c(C(=N)N)c(C)nn1C. The molecule has 5 heteroatoms. The third-order valence-electron chi connectivity index (χ3n) is 3.44. The van der Waals surface area contributed by atoms with Crippen molar-refractivity contribution < 1.29 is 4.74 Å². The van der Waals surface area contributed by atoms with Crippen LogP contribution in [0.15, 0.2) is 0 Å². The van der Waals surface area contributed by atoms with Gasteiger partial charge in [-0.2, -0.15) is 5.10 Å². The number of amidine groups is 1. The number of aryl methyl sites for hydroxylation is 2. The Kier molecular flexibility index (Phi) is 5.86. The number of ether oxygens (including phenoxy) is 1. The van der Waals surface area contributed by atoms with Crippen LogP contribution in [0.4, 0.5) is 0 Å². The lowest BCUT2D eigenvalue weighted by Gasteiger charge is -2.16. The summed E-state index contributed by atoms with van der Waals surface area (Å²) in [4.78, 5) is 0. The van der Waals surface area contributed by atoms with Crippen molar-refractivity contribution in [1.82, 2.24) is 9.78 Å². The zero-order chi connectivity index (χ0) is 14.4. The van der Waals surface area contributed by atoms with Gasteiger partial charge in [0.1, 0.15) is 11.4 Å². The van der Waals surface area contributed by atoms with Gasteiger partial charge in [-0.05, 0) is 19.3 Å². The molecule has 0 aliphatic rings. The Bertz CT molecular complexity index is 425. The molecule has 0 fully saturated rings. The van der Waals surface area contributed by atoms with Gasteiger partial charge in [-0.3, -0.25) is 5.41 Å². The molecule has 1 unspecified atom stereocenters. The number of nitrogen functional groups attached to an aromatic ring is 1. The van der Waals surface area contributed by atoms with Gasteiger partial charge in [0.25, 0.3) is 0 Å². The summed E-state index contributed by atoms with van der Waals surface area (Å²) < 4.78 is 7.55. The topological polar surface area (TPSA) is 76.9 Å². The smallest absolute Gasteiger partial charge is 0.223 e. The number of rotatable bonds is 8. The molecule has 0 spiro atoms. The van der Waals surface area contributed by atoms with Gasteiger partial charge in [-0.15, -0.1) is 0 Å². The van der Waals surface area contributed by atoms with Crippen LogP contribution in [0, 0.1) is 18.3 Å². The summed E-state index contributed by atoms with van der Waals surface area (Å²) in [6.45, 7) is 6.89. The maximum absolute atomic E-state index is 7.62. The van der Waals surface area contributed by atoms with Gasteiger partial charge >= 0.3 is 0 Å². The summed E-state index contributed by atoms with van der Waals surface area (Å²) in [7, 11) is 1.82. The Labute approximate surface area is 115 Å². The standard InChI is InChI=1S/C14H26N4O/c1-5-7-8-11(6-2)9-19-14-12(13(15)16)10(3)17-18(14)4/h11H,5-9H2,1-4H3,(H3,15,16). The van der Waals surface area contributed by atoms with E-state index in [0.29, 0.717) is 24.0 Å². The van der Waals surface area contributed by atoms with E-state index in [4.69, 9.17) is 15.9 Å². The fourth-order valence-corrected chi connectivity index (χ4v) is 2.21. The number of nitrogens with two attached hydrogens (primary N) is 1. The van der Waals surface area contributed by atoms with Crippen LogP contribution in [-0.4, -0.2) is 22.2 Å². The van der Waals surface area contributed by atoms with Crippen molar-refractivity contribution in [3.63, 3.8) is 0 Å². The van der Waals surface area contributed by atoms with Gasteiger partial charge in [0.15, 0.2) is 0 Å². The second kappa shape index (κ2) is 7.16. The van der Waals surface area contributed by atoms with Crippen LogP contribution in [0.25, 0.3) is 0 Å². The molecule has 1 atom stereocenters. The van der Waals surface area contributed by atoms with E-state index in [0.717, 1.165) is 12.1 Å². The molecule has 1 heterocycles. The molecule has 0 saturated heterocycles. The van der Waals surface area contributed by atoms with Crippen LogP contribution < -0.4 is 10.5 Å². The minimum Gasteiger partial charge on any atom is -0.477 e. The van der Waals surface area contributed by atoms with E-state index in [-0.39, 0.29) is 5.84 Å². The predicted octanol–water partition coefficient (Wildman–Crippen LogP) is 2.61. The molecule has 5 nitrogen and oxygen atoms in total. The molecule has 1 aromatic rings. The summed E-state index contributed by atoms with van der Waals surface area (Å²) in [5, 5.41) is 11.9. The zero-order valence-electron chi connectivity index (χ0n) is 12.5. The molecule has 0 aromatic carbocycles. The number of hydrogen-bond acceptors (Lipinski definition) is 3. The first-order chi connectivity index (χ1) is 9.01. The largest absolute Gasteiger partial charge is 0.477 e. The van der Waals surface area contributed by atoms with Crippen LogP contribution >= 0.6 is 0 Å². The molecule has 0 radical (unpaired) electrons. The molecular formula is C14H26N4O. The van der Waals surface area contributed by atoms with Gasteiger partial charge in [-0.1, -0.05) is 33.1 Å². The first-order valence-corrected chi connectivity index (χ1v) is 7.01. The van der Waals surface area contributed by atoms with Crippen molar-refractivity contribution in [1.29, 1.82) is 5.41 Å². The van der Waals surface area contributed by atoms with Gasteiger partial charge in [0.05, 0.1) is 12.3 Å². The molecule has 0 bridgehead atoms. The third kappa shape index (κ3) is 3.98. The van der Waals surface area contributed by atoms with E-state index in [2.05, 4.69) is 18.9 Å². The van der Waals surface area contributed by atoms with Gasteiger partial charge in [0, 0.05) is 7.05 Å². The summed E-state index contributed by atoms with van der Waals surface area (Å²) in [5.41, 5.74) is 6.96. The predicted molar refractivity (Wildman–Crippen MR) is 77.8 cm³/mol. The molecule has 19 heavy (non-hydrogen) atoms. The maximum Gasteiger partial charge on any atom is 0.223 e. The van der Waals surface area contributed by atoms with Crippen LogP contribution in [-0.2, 0) is 7.05 Å². The first kappa shape index (κ1) is 15.5. The summed E-state index contributed by atoms with van der Waals surface area (Å²) in [6.07, 6.45) is 4.72. The second-order valence-corrected chi connectivity index (χ2v) is 5.03. The molecule has 3 N–H and O–H groups in total. The molecular weight excluding hydrogens is 240 g/mol. The van der Waals surface area contributed by atoms with Gasteiger partial charge in [0.2, 0.25) is 5.88 Å². The highest BCUT2D eigenvalue weighted by Gasteiger charge is 2.18. The molecule has 0 aliphatic carbocycles. The minimum absolute atomic E-state index is 0.0159. The van der Waals surface area contributed by atoms with Crippen LogP contribution in [0.3, 0.4) is 0 Å². The third-order valence-corrected chi connectivity index (χ3v) is 3.44. The highest BCUT2D eigenvalue weighted by molar-refractivity contribution is 5.98. The van der Waals surface area contributed by atoms with E-state index in [1.807, 2.05) is 14.0 Å². The van der Waals surface area contributed by atoms with Gasteiger partial charge in [-0.25, -0.2) is 4.68 Å². The lowest BCUT2D eigenvalue weighted by Crippen LogP contribution is -2.17. The van der Waals surface area contributed by atoms with E-state index in [9.17, 15) is 0 Å². The molecule has 1 rings (SSSR count). The lowest BCUT2D eigenvalue weighted by molar-refractivity contribution is 0.217. The Morgan fingerprint density at radius 3 is 2.68 bits per heavy atom. The van der Waals surface area contributed by atoms with Gasteiger partial charge < -0.3 is 10.5 Å². The Balaban J connectivity index is 2.73. The van der Waals surface area contributed by atoms with Crippen molar-refractivity contribution in [2.75, 3.05) is 6.61 Å². The number of nitrogens with zero attached hydrogens (tertiary/aromatic N) is 2. The Morgan fingerprint density at radius 2 is 2.16 bits per heavy atom. The summed E-state index contributed by atoms with van der Waals surface area (Å²) in [6, 6.07) is 0.